The van der Waals surface area contributed by atoms with Crippen LogP contribution in [0.15, 0.2) is 43.0 Å². The summed E-state index contributed by atoms with van der Waals surface area (Å²) in [5.74, 6) is 0.0441. The predicted octanol–water partition coefficient (Wildman–Crippen LogP) is 1.81. The zero-order chi connectivity index (χ0) is 12.5. The summed E-state index contributed by atoms with van der Waals surface area (Å²) in [6.45, 7) is 8.25. The number of nitrogens with one attached hydrogen (secondary N) is 1. The minimum absolute atomic E-state index is 0.0441. The number of hydrogen-bond donors (Lipinski definition) is 1. The van der Waals surface area contributed by atoms with Crippen LogP contribution >= 0.6 is 0 Å². The number of nitrogens with zero attached hydrogens (tertiary/aromatic N) is 1. The lowest BCUT2D eigenvalue weighted by atomic mass is 10.2. The standard InChI is InChI=1S/C14H20N2O/c1-3-10-15-14(17)12-16(4-2)11-13-8-6-5-7-9-13/h3,5-9H,1,4,10-12H2,2H3,(H,15,17). The Morgan fingerprint density at radius 2 is 2.12 bits per heavy atom. The fourth-order valence-electron chi connectivity index (χ4n) is 1.57. The van der Waals surface area contributed by atoms with Gasteiger partial charge in [0.15, 0.2) is 0 Å². The summed E-state index contributed by atoms with van der Waals surface area (Å²) in [4.78, 5) is 13.7. The summed E-state index contributed by atoms with van der Waals surface area (Å²) in [5, 5.41) is 2.78. The summed E-state index contributed by atoms with van der Waals surface area (Å²) in [7, 11) is 0. The highest BCUT2D eigenvalue weighted by Gasteiger charge is 2.08. The zero-order valence-electron chi connectivity index (χ0n) is 10.4. The molecule has 0 saturated carbocycles. The SMILES string of the molecule is C=CCNC(=O)CN(CC)Cc1ccccc1. The van der Waals surface area contributed by atoms with Crippen LogP contribution in [0.1, 0.15) is 12.5 Å². The van der Waals surface area contributed by atoms with E-state index in [0.29, 0.717) is 13.1 Å². The second kappa shape index (κ2) is 7.63. The van der Waals surface area contributed by atoms with E-state index in [1.165, 1.54) is 5.56 Å². The van der Waals surface area contributed by atoms with E-state index < -0.39 is 0 Å². The van der Waals surface area contributed by atoms with Gasteiger partial charge in [0.25, 0.3) is 0 Å². The molecule has 0 unspecified atom stereocenters. The molecule has 1 aromatic carbocycles. The van der Waals surface area contributed by atoms with Crippen molar-refractivity contribution in [3.8, 4) is 0 Å². The maximum absolute atomic E-state index is 11.6. The van der Waals surface area contributed by atoms with Gasteiger partial charge in [0.1, 0.15) is 0 Å². The minimum Gasteiger partial charge on any atom is -0.352 e. The monoisotopic (exact) mass is 232 g/mol. The Morgan fingerprint density at radius 3 is 2.71 bits per heavy atom. The van der Waals surface area contributed by atoms with Crippen molar-refractivity contribution in [1.82, 2.24) is 10.2 Å². The maximum Gasteiger partial charge on any atom is 0.234 e. The normalized spacial score (nSPS) is 10.2. The van der Waals surface area contributed by atoms with E-state index in [4.69, 9.17) is 0 Å². The third-order valence-electron chi connectivity index (χ3n) is 2.51. The third-order valence-corrected chi connectivity index (χ3v) is 2.51. The summed E-state index contributed by atoms with van der Waals surface area (Å²) >= 11 is 0. The van der Waals surface area contributed by atoms with Crippen LogP contribution in [0.5, 0.6) is 0 Å². The first-order chi connectivity index (χ1) is 8.26. The minimum atomic E-state index is 0.0441. The molecule has 0 saturated heterocycles. The molecule has 0 fully saturated rings. The van der Waals surface area contributed by atoms with E-state index in [1.54, 1.807) is 6.08 Å². The van der Waals surface area contributed by atoms with Crippen molar-refractivity contribution in [1.29, 1.82) is 0 Å². The van der Waals surface area contributed by atoms with Crippen molar-refractivity contribution < 1.29 is 4.79 Å². The van der Waals surface area contributed by atoms with Gasteiger partial charge >= 0.3 is 0 Å². The molecule has 0 heterocycles. The van der Waals surface area contributed by atoms with E-state index in [1.807, 2.05) is 18.2 Å². The Balaban J connectivity index is 2.43. The second-order valence-electron chi connectivity index (χ2n) is 3.88. The topological polar surface area (TPSA) is 32.3 Å². The van der Waals surface area contributed by atoms with E-state index in [2.05, 4.69) is 35.9 Å². The van der Waals surface area contributed by atoms with Gasteiger partial charge in [0.05, 0.1) is 6.54 Å². The van der Waals surface area contributed by atoms with Gasteiger partial charge in [-0.2, -0.15) is 0 Å². The molecule has 0 bridgehead atoms. The van der Waals surface area contributed by atoms with Gasteiger partial charge in [-0.25, -0.2) is 0 Å². The van der Waals surface area contributed by atoms with Crippen LogP contribution in [-0.2, 0) is 11.3 Å². The fraction of sp³-hybridized carbons (Fsp3) is 0.357. The third kappa shape index (κ3) is 5.31. The van der Waals surface area contributed by atoms with Crippen molar-refractivity contribution in [3.05, 3.63) is 48.6 Å². The molecule has 1 amide bonds. The van der Waals surface area contributed by atoms with Crippen molar-refractivity contribution >= 4 is 5.91 Å². The van der Waals surface area contributed by atoms with Gasteiger partial charge in [0.2, 0.25) is 5.91 Å². The molecule has 0 aromatic heterocycles. The summed E-state index contributed by atoms with van der Waals surface area (Å²) in [6.07, 6.45) is 1.69. The first kappa shape index (κ1) is 13.5. The van der Waals surface area contributed by atoms with Crippen LogP contribution in [0.3, 0.4) is 0 Å². The first-order valence-electron chi connectivity index (χ1n) is 5.90. The Hall–Kier alpha value is -1.61. The molecular formula is C14H20N2O. The largest absolute Gasteiger partial charge is 0.352 e. The molecule has 0 radical (unpaired) electrons. The van der Waals surface area contributed by atoms with Gasteiger partial charge in [-0.1, -0.05) is 43.3 Å². The Labute approximate surface area is 103 Å². The highest BCUT2D eigenvalue weighted by molar-refractivity contribution is 5.78. The number of carbonyl (C=O) groups excluding carboxylic acids is 1. The molecule has 3 heteroatoms. The number of hydrogen-bond acceptors (Lipinski definition) is 2. The number of amides is 1. The smallest absolute Gasteiger partial charge is 0.234 e. The average molecular weight is 232 g/mol. The van der Waals surface area contributed by atoms with Crippen LogP contribution in [0.4, 0.5) is 0 Å². The summed E-state index contributed by atoms with van der Waals surface area (Å²) in [6, 6.07) is 10.2. The molecule has 0 aliphatic rings. The summed E-state index contributed by atoms with van der Waals surface area (Å²) in [5.41, 5.74) is 1.23. The van der Waals surface area contributed by atoms with Gasteiger partial charge in [-0.05, 0) is 12.1 Å². The van der Waals surface area contributed by atoms with E-state index in [-0.39, 0.29) is 5.91 Å². The average Bonchev–Trinajstić information content (AvgIpc) is 2.36. The van der Waals surface area contributed by atoms with E-state index in [9.17, 15) is 4.79 Å². The van der Waals surface area contributed by atoms with Gasteiger partial charge < -0.3 is 5.32 Å². The molecule has 0 atom stereocenters. The second-order valence-corrected chi connectivity index (χ2v) is 3.88. The molecule has 1 aromatic rings. The number of likely N-dealkylation sites (N-methyl/N-ethyl adjacent to an activating group) is 1. The maximum atomic E-state index is 11.6. The van der Waals surface area contributed by atoms with Crippen LogP contribution in [0, 0.1) is 0 Å². The number of benzene rings is 1. The van der Waals surface area contributed by atoms with Crippen LogP contribution in [0.25, 0.3) is 0 Å². The lowest BCUT2D eigenvalue weighted by Crippen LogP contribution is -2.36. The molecule has 3 nitrogen and oxygen atoms in total. The Morgan fingerprint density at radius 1 is 1.41 bits per heavy atom. The number of carbonyl (C=O) groups is 1. The lowest BCUT2D eigenvalue weighted by Gasteiger charge is -2.19. The highest BCUT2D eigenvalue weighted by Crippen LogP contribution is 2.03. The van der Waals surface area contributed by atoms with Crippen LogP contribution < -0.4 is 5.32 Å². The van der Waals surface area contributed by atoms with Crippen molar-refractivity contribution in [3.63, 3.8) is 0 Å². The quantitative estimate of drug-likeness (QED) is 0.727. The van der Waals surface area contributed by atoms with Crippen molar-refractivity contribution in [2.45, 2.75) is 13.5 Å². The van der Waals surface area contributed by atoms with E-state index in [0.717, 1.165) is 13.1 Å². The lowest BCUT2D eigenvalue weighted by molar-refractivity contribution is -0.122. The van der Waals surface area contributed by atoms with E-state index >= 15 is 0 Å². The summed E-state index contributed by atoms with van der Waals surface area (Å²) < 4.78 is 0. The van der Waals surface area contributed by atoms with Gasteiger partial charge in [0, 0.05) is 13.1 Å². The molecule has 1 rings (SSSR count). The molecule has 1 N–H and O–H groups in total. The van der Waals surface area contributed by atoms with Crippen LogP contribution in [-0.4, -0.2) is 30.4 Å². The predicted molar refractivity (Wildman–Crippen MR) is 70.6 cm³/mol. The first-order valence-corrected chi connectivity index (χ1v) is 5.90. The Bertz CT molecular complexity index is 348. The Kier molecular flexibility index (Phi) is 6.04. The van der Waals surface area contributed by atoms with Crippen molar-refractivity contribution in [2.75, 3.05) is 19.6 Å². The fourth-order valence-corrected chi connectivity index (χ4v) is 1.57. The molecule has 17 heavy (non-hydrogen) atoms. The molecule has 0 spiro atoms. The molecule has 0 aliphatic carbocycles. The highest BCUT2D eigenvalue weighted by atomic mass is 16.2. The van der Waals surface area contributed by atoms with Gasteiger partial charge in [-0.15, -0.1) is 6.58 Å². The zero-order valence-corrected chi connectivity index (χ0v) is 10.4. The van der Waals surface area contributed by atoms with Crippen LogP contribution in [0.2, 0.25) is 0 Å². The van der Waals surface area contributed by atoms with Gasteiger partial charge in [-0.3, -0.25) is 9.69 Å². The molecule has 92 valence electrons. The molecule has 0 aliphatic heterocycles. The number of rotatable bonds is 7. The van der Waals surface area contributed by atoms with Crippen molar-refractivity contribution in [2.24, 2.45) is 0 Å². The molecular weight excluding hydrogens is 212 g/mol.